The maximum atomic E-state index is 11.8. The van der Waals surface area contributed by atoms with Crippen molar-refractivity contribution in [3.05, 3.63) is 16.1 Å². The summed E-state index contributed by atoms with van der Waals surface area (Å²) >= 11 is 1.52. The number of carbonyl (C=O) groups excluding carboxylic acids is 1. The van der Waals surface area contributed by atoms with Crippen molar-refractivity contribution in [3.63, 3.8) is 0 Å². The number of hydrogen-bond acceptors (Lipinski definition) is 3. The smallest absolute Gasteiger partial charge is 0.191 e. The minimum atomic E-state index is 0.245. The first-order valence-corrected chi connectivity index (χ1v) is 6.03. The Kier molecular flexibility index (Phi) is 2.96. The third-order valence-corrected chi connectivity index (χ3v) is 3.76. The zero-order valence-corrected chi connectivity index (χ0v) is 9.27. The topological polar surface area (TPSA) is 30.0 Å². The largest absolute Gasteiger partial charge is 0.292 e. The molecule has 1 saturated carbocycles. The van der Waals surface area contributed by atoms with Crippen LogP contribution in [0.15, 0.2) is 6.20 Å². The summed E-state index contributed by atoms with van der Waals surface area (Å²) in [6.07, 6.45) is 7.56. The minimum Gasteiger partial charge on any atom is -0.292 e. The molecule has 1 aromatic heterocycles. The first kappa shape index (κ1) is 9.84. The van der Waals surface area contributed by atoms with Gasteiger partial charge >= 0.3 is 0 Å². The summed E-state index contributed by atoms with van der Waals surface area (Å²) in [6, 6.07) is 0. The lowest BCUT2D eigenvalue weighted by Gasteiger charge is -2.04. The molecule has 0 bridgehead atoms. The van der Waals surface area contributed by atoms with Crippen molar-refractivity contribution in [2.24, 2.45) is 5.92 Å². The Labute approximate surface area is 88.4 Å². The Morgan fingerprint density at radius 1 is 1.57 bits per heavy atom. The van der Waals surface area contributed by atoms with Gasteiger partial charge in [-0.05, 0) is 12.8 Å². The molecule has 2 nitrogen and oxygen atoms in total. The van der Waals surface area contributed by atoms with E-state index in [0.29, 0.717) is 17.3 Å². The van der Waals surface area contributed by atoms with E-state index >= 15 is 0 Å². The lowest BCUT2D eigenvalue weighted by atomic mass is 10.0. The predicted octanol–water partition coefficient (Wildman–Crippen LogP) is 3.21. The molecular weight excluding hydrogens is 194 g/mol. The van der Waals surface area contributed by atoms with E-state index in [1.165, 1.54) is 37.0 Å². The van der Waals surface area contributed by atoms with E-state index < -0.39 is 0 Å². The first-order chi connectivity index (χ1) is 6.75. The van der Waals surface area contributed by atoms with Crippen LogP contribution in [0.2, 0.25) is 0 Å². The molecule has 0 radical (unpaired) electrons. The molecule has 1 aromatic rings. The normalized spacial score (nSPS) is 17.5. The van der Waals surface area contributed by atoms with Crippen LogP contribution >= 0.6 is 11.3 Å². The molecule has 0 N–H and O–H groups in total. The van der Waals surface area contributed by atoms with E-state index in [-0.39, 0.29) is 5.78 Å². The molecule has 0 spiro atoms. The number of ketones is 1. The Bertz CT molecular complexity index is 326. The molecule has 0 atom stereocenters. The number of aromatic nitrogens is 1. The Morgan fingerprint density at radius 3 is 2.86 bits per heavy atom. The van der Waals surface area contributed by atoms with E-state index in [2.05, 4.69) is 4.98 Å². The highest BCUT2D eigenvalue weighted by molar-refractivity contribution is 7.13. The highest BCUT2D eigenvalue weighted by Crippen LogP contribution is 2.29. The van der Waals surface area contributed by atoms with Crippen molar-refractivity contribution in [2.75, 3.05) is 0 Å². The molecule has 76 valence electrons. The van der Waals surface area contributed by atoms with Crippen LogP contribution in [0.25, 0.3) is 0 Å². The van der Waals surface area contributed by atoms with Crippen molar-refractivity contribution in [1.29, 1.82) is 0 Å². The van der Waals surface area contributed by atoms with Crippen molar-refractivity contribution < 1.29 is 4.79 Å². The Balaban J connectivity index is 1.95. The summed E-state index contributed by atoms with van der Waals surface area (Å²) in [6.45, 7) is 1.99. The van der Waals surface area contributed by atoms with Crippen LogP contribution in [0, 0.1) is 12.8 Å². The maximum absolute atomic E-state index is 11.8. The Morgan fingerprint density at radius 2 is 2.29 bits per heavy atom. The van der Waals surface area contributed by atoms with Gasteiger partial charge in [-0.15, -0.1) is 11.3 Å². The van der Waals surface area contributed by atoms with Gasteiger partial charge in [0, 0.05) is 17.5 Å². The fourth-order valence-corrected chi connectivity index (χ4v) is 2.76. The predicted molar refractivity (Wildman–Crippen MR) is 57.8 cm³/mol. The van der Waals surface area contributed by atoms with Crippen LogP contribution in [0.3, 0.4) is 0 Å². The molecule has 1 aliphatic carbocycles. The van der Waals surface area contributed by atoms with E-state index in [1.54, 1.807) is 6.20 Å². The van der Waals surface area contributed by atoms with E-state index in [9.17, 15) is 4.79 Å². The molecule has 0 amide bonds. The van der Waals surface area contributed by atoms with Gasteiger partial charge in [-0.1, -0.05) is 25.7 Å². The maximum Gasteiger partial charge on any atom is 0.191 e. The van der Waals surface area contributed by atoms with Gasteiger partial charge in [-0.2, -0.15) is 0 Å². The quantitative estimate of drug-likeness (QED) is 0.715. The SMILES string of the molecule is Cc1cnc(C(=O)CC2CCCC2)s1. The van der Waals surface area contributed by atoms with Gasteiger partial charge < -0.3 is 0 Å². The average molecular weight is 209 g/mol. The summed E-state index contributed by atoms with van der Waals surface area (Å²) < 4.78 is 0. The van der Waals surface area contributed by atoms with Crippen LogP contribution in [0.4, 0.5) is 0 Å². The van der Waals surface area contributed by atoms with Crippen LogP contribution in [-0.4, -0.2) is 10.8 Å². The van der Waals surface area contributed by atoms with Crippen LogP contribution < -0.4 is 0 Å². The zero-order chi connectivity index (χ0) is 9.97. The molecule has 0 aromatic carbocycles. The highest BCUT2D eigenvalue weighted by atomic mass is 32.1. The van der Waals surface area contributed by atoms with E-state index in [4.69, 9.17) is 0 Å². The summed E-state index contributed by atoms with van der Waals surface area (Å²) in [5, 5.41) is 0.703. The van der Waals surface area contributed by atoms with Crippen LogP contribution in [0.1, 0.15) is 46.8 Å². The minimum absolute atomic E-state index is 0.245. The number of carbonyl (C=O) groups is 1. The second-order valence-corrected chi connectivity index (χ2v) is 5.29. The number of Topliss-reactive ketones (excluding diaryl/α,β-unsaturated/α-hetero) is 1. The number of nitrogens with zero attached hydrogens (tertiary/aromatic N) is 1. The molecule has 0 unspecified atom stereocenters. The van der Waals surface area contributed by atoms with E-state index in [0.717, 1.165) is 4.88 Å². The molecule has 0 aliphatic heterocycles. The van der Waals surface area contributed by atoms with E-state index in [1.807, 2.05) is 6.92 Å². The molecule has 1 heterocycles. The van der Waals surface area contributed by atoms with Gasteiger partial charge in [0.2, 0.25) is 0 Å². The van der Waals surface area contributed by atoms with Crippen molar-refractivity contribution >= 4 is 17.1 Å². The van der Waals surface area contributed by atoms with Crippen LogP contribution in [-0.2, 0) is 0 Å². The fourth-order valence-electron chi connectivity index (χ4n) is 2.05. The van der Waals surface area contributed by atoms with Gasteiger partial charge in [-0.3, -0.25) is 4.79 Å². The second kappa shape index (κ2) is 4.22. The molecule has 1 aliphatic rings. The number of hydrogen-bond donors (Lipinski definition) is 0. The van der Waals surface area contributed by atoms with Crippen molar-refractivity contribution in [3.8, 4) is 0 Å². The third-order valence-electron chi connectivity index (χ3n) is 2.81. The Hall–Kier alpha value is -0.700. The number of thiazole rings is 1. The summed E-state index contributed by atoms with van der Waals surface area (Å²) in [7, 11) is 0. The number of aryl methyl sites for hydroxylation is 1. The monoisotopic (exact) mass is 209 g/mol. The van der Waals surface area contributed by atoms with Crippen LogP contribution in [0.5, 0.6) is 0 Å². The third kappa shape index (κ3) is 2.21. The van der Waals surface area contributed by atoms with Gasteiger partial charge in [0.15, 0.2) is 10.8 Å². The standard InChI is InChI=1S/C11H15NOS/c1-8-7-12-11(14-8)10(13)6-9-4-2-3-5-9/h7,9H,2-6H2,1H3. The molecule has 14 heavy (non-hydrogen) atoms. The zero-order valence-electron chi connectivity index (χ0n) is 8.45. The average Bonchev–Trinajstić information content (AvgIpc) is 2.75. The van der Waals surface area contributed by atoms with Crippen molar-refractivity contribution in [1.82, 2.24) is 4.98 Å². The summed E-state index contributed by atoms with van der Waals surface area (Å²) in [5.41, 5.74) is 0. The second-order valence-electron chi connectivity index (χ2n) is 4.05. The summed E-state index contributed by atoms with van der Waals surface area (Å²) in [4.78, 5) is 17.0. The highest BCUT2D eigenvalue weighted by Gasteiger charge is 2.20. The molecule has 2 rings (SSSR count). The lowest BCUT2D eigenvalue weighted by molar-refractivity contribution is 0.0962. The molecule has 0 saturated heterocycles. The van der Waals surface area contributed by atoms with Gasteiger partial charge in [0.25, 0.3) is 0 Å². The first-order valence-electron chi connectivity index (χ1n) is 5.21. The molecule has 3 heteroatoms. The fraction of sp³-hybridized carbons (Fsp3) is 0.636. The van der Waals surface area contributed by atoms with Gasteiger partial charge in [0.1, 0.15) is 0 Å². The molecule has 1 fully saturated rings. The molecular formula is C11H15NOS. The van der Waals surface area contributed by atoms with Gasteiger partial charge in [-0.25, -0.2) is 4.98 Å². The summed E-state index contributed by atoms with van der Waals surface area (Å²) in [5.74, 6) is 0.877. The number of rotatable bonds is 3. The van der Waals surface area contributed by atoms with Crippen molar-refractivity contribution in [2.45, 2.75) is 39.0 Å². The lowest BCUT2D eigenvalue weighted by Crippen LogP contribution is -2.05. The van der Waals surface area contributed by atoms with Gasteiger partial charge in [0.05, 0.1) is 0 Å².